The maximum atomic E-state index is 12.8. The van der Waals surface area contributed by atoms with Crippen LogP contribution in [0.2, 0.25) is 0 Å². The molecule has 0 saturated carbocycles. The topological polar surface area (TPSA) is 23.5 Å². The van der Waals surface area contributed by atoms with Crippen LogP contribution in [0.5, 0.6) is 0 Å². The molecule has 0 spiro atoms. The Labute approximate surface area is 77.5 Å². The number of piperidine rings is 1. The van der Waals surface area contributed by atoms with E-state index >= 15 is 0 Å². The van der Waals surface area contributed by atoms with E-state index in [2.05, 4.69) is 6.92 Å². The zero-order valence-electron chi connectivity index (χ0n) is 7.97. The lowest BCUT2D eigenvalue weighted by Crippen LogP contribution is -2.50. The van der Waals surface area contributed by atoms with Crippen molar-refractivity contribution in [1.82, 2.24) is 4.90 Å². The molecule has 1 unspecified atom stereocenters. The molecular formula is C9H17F2NO. The van der Waals surface area contributed by atoms with Crippen molar-refractivity contribution in [3.63, 3.8) is 0 Å². The first-order valence-electron chi connectivity index (χ1n) is 4.84. The summed E-state index contributed by atoms with van der Waals surface area (Å²) in [6, 6.07) is 0. The van der Waals surface area contributed by atoms with Crippen LogP contribution in [0.15, 0.2) is 0 Å². The second-order valence-electron chi connectivity index (χ2n) is 3.68. The SMILES string of the molecule is CCCCN1CCC(F)(F)C(O)C1. The number of likely N-dealkylation sites (tertiary alicyclic amines) is 1. The minimum atomic E-state index is -2.87. The number of aliphatic hydroxyl groups is 1. The Morgan fingerprint density at radius 1 is 1.54 bits per heavy atom. The number of β-amino-alcohol motifs (C(OH)–C–C–N with tert-alkyl or cyclic N) is 1. The highest BCUT2D eigenvalue weighted by Crippen LogP contribution is 2.28. The average molecular weight is 193 g/mol. The number of unbranched alkanes of at least 4 members (excludes halogenated alkanes) is 1. The molecule has 0 aliphatic carbocycles. The monoisotopic (exact) mass is 193 g/mol. The van der Waals surface area contributed by atoms with Gasteiger partial charge in [-0.25, -0.2) is 8.78 Å². The third-order valence-electron chi connectivity index (χ3n) is 2.51. The summed E-state index contributed by atoms with van der Waals surface area (Å²) in [4.78, 5) is 1.91. The average Bonchev–Trinajstić information content (AvgIpc) is 2.07. The second-order valence-corrected chi connectivity index (χ2v) is 3.68. The van der Waals surface area contributed by atoms with Crippen molar-refractivity contribution < 1.29 is 13.9 Å². The summed E-state index contributed by atoms with van der Waals surface area (Å²) in [5.41, 5.74) is 0. The van der Waals surface area contributed by atoms with Crippen LogP contribution in [-0.2, 0) is 0 Å². The van der Waals surface area contributed by atoms with Crippen LogP contribution in [-0.4, -0.2) is 41.7 Å². The van der Waals surface area contributed by atoms with Gasteiger partial charge in [-0.2, -0.15) is 0 Å². The predicted molar refractivity (Wildman–Crippen MR) is 46.9 cm³/mol. The molecule has 1 aliphatic heterocycles. The minimum absolute atomic E-state index is 0.118. The van der Waals surface area contributed by atoms with Crippen LogP contribution in [0, 0.1) is 0 Å². The van der Waals surface area contributed by atoms with Crippen molar-refractivity contribution >= 4 is 0 Å². The van der Waals surface area contributed by atoms with Gasteiger partial charge in [-0.1, -0.05) is 13.3 Å². The predicted octanol–water partition coefficient (Wildman–Crippen LogP) is 1.49. The quantitative estimate of drug-likeness (QED) is 0.734. The Kier molecular flexibility index (Phi) is 3.62. The maximum Gasteiger partial charge on any atom is 0.275 e. The van der Waals surface area contributed by atoms with Gasteiger partial charge in [0.2, 0.25) is 0 Å². The van der Waals surface area contributed by atoms with Gasteiger partial charge in [-0.15, -0.1) is 0 Å². The highest BCUT2D eigenvalue weighted by atomic mass is 19.3. The number of alkyl halides is 2. The first-order valence-corrected chi connectivity index (χ1v) is 4.84. The van der Waals surface area contributed by atoms with Crippen molar-refractivity contribution in [2.45, 2.75) is 38.2 Å². The van der Waals surface area contributed by atoms with Crippen LogP contribution in [0.1, 0.15) is 26.2 Å². The van der Waals surface area contributed by atoms with Gasteiger partial charge in [-0.05, 0) is 13.0 Å². The van der Waals surface area contributed by atoms with E-state index in [1.165, 1.54) is 0 Å². The van der Waals surface area contributed by atoms with Crippen LogP contribution < -0.4 is 0 Å². The normalized spacial score (nSPS) is 29.1. The lowest BCUT2D eigenvalue weighted by Gasteiger charge is -2.35. The summed E-state index contributed by atoms with van der Waals surface area (Å²) in [6.45, 7) is 3.41. The molecule has 0 aromatic heterocycles. The van der Waals surface area contributed by atoms with Crippen LogP contribution in [0.4, 0.5) is 8.78 Å². The molecule has 13 heavy (non-hydrogen) atoms. The van der Waals surface area contributed by atoms with E-state index in [4.69, 9.17) is 5.11 Å². The molecule has 0 amide bonds. The van der Waals surface area contributed by atoms with E-state index in [0.717, 1.165) is 19.4 Å². The fourth-order valence-corrected chi connectivity index (χ4v) is 1.53. The Hall–Kier alpha value is -0.220. The Morgan fingerprint density at radius 3 is 2.77 bits per heavy atom. The second kappa shape index (κ2) is 4.33. The van der Waals surface area contributed by atoms with Crippen molar-refractivity contribution in [3.8, 4) is 0 Å². The third-order valence-corrected chi connectivity index (χ3v) is 2.51. The van der Waals surface area contributed by atoms with Crippen molar-refractivity contribution in [1.29, 1.82) is 0 Å². The first kappa shape index (κ1) is 10.9. The molecule has 1 fully saturated rings. The number of halogens is 2. The van der Waals surface area contributed by atoms with Gasteiger partial charge in [0.15, 0.2) is 0 Å². The van der Waals surface area contributed by atoms with Gasteiger partial charge in [0.25, 0.3) is 5.92 Å². The molecule has 1 heterocycles. The molecule has 1 rings (SSSR count). The first-order chi connectivity index (χ1) is 6.06. The number of rotatable bonds is 3. The fourth-order valence-electron chi connectivity index (χ4n) is 1.53. The molecule has 0 aromatic rings. The molecule has 0 radical (unpaired) electrons. The van der Waals surface area contributed by atoms with Crippen molar-refractivity contribution in [3.05, 3.63) is 0 Å². The van der Waals surface area contributed by atoms with Gasteiger partial charge in [0.05, 0.1) is 0 Å². The molecule has 1 saturated heterocycles. The number of hydrogen-bond acceptors (Lipinski definition) is 2. The number of nitrogens with zero attached hydrogens (tertiary/aromatic N) is 1. The van der Waals surface area contributed by atoms with Crippen LogP contribution in [0.3, 0.4) is 0 Å². The highest BCUT2D eigenvalue weighted by Gasteiger charge is 2.42. The zero-order valence-corrected chi connectivity index (χ0v) is 7.97. The van der Waals surface area contributed by atoms with Gasteiger partial charge < -0.3 is 10.0 Å². The van der Waals surface area contributed by atoms with E-state index in [1.54, 1.807) is 0 Å². The summed E-state index contributed by atoms with van der Waals surface area (Å²) in [5, 5.41) is 9.12. The largest absolute Gasteiger partial charge is 0.386 e. The number of aliphatic hydroxyl groups excluding tert-OH is 1. The summed E-state index contributed by atoms with van der Waals surface area (Å²) in [5.74, 6) is -2.87. The zero-order chi connectivity index (χ0) is 9.90. The molecule has 0 bridgehead atoms. The highest BCUT2D eigenvalue weighted by molar-refractivity contribution is 4.85. The lowest BCUT2D eigenvalue weighted by atomic mass is 10.0. The van der Waals surface area contributed by atoms with E-state index in [9.17, 15) is 8.78 Å². The van der Waals surface area contributed by atoms with E-state index in [-0.39, 0.29) is 13.0 Å². The molecule has 2 nitrogen and oxygen atoms in total. The number of hydrogen-bond donors (Lipinski definition) is 1. The summed E-state index contributed by atoms with van der Waals surface area (Å²) >= 11 is 0. The van der Waals surface area contributed by atoms with E-state index < -0.39 is 12.0 Å². The van der Waals surface area contributed by atoms with Gasteiger partial charge >= 0.3 is 0 Å². The van der Waals surface area contributed by atoms with Gasteiger partial charge in [0, 0.05) is 19.5 Å². The van der Waals surface area contributed by atoms with Crippen LogP contribution >= 0.6 is 0 Å². The third kappa shape index (κ3) is 2.88. The standard InChI is InChI=1S/C9H17F2NO/c1-2-3-5-12-6-4-9(10,11)8(13)7-12/h8,13H,2-7H2,1H3. The molecule has 78 valence electrons. The summed E-state index contributed by atoms with van der Waals surface area (Å²) in [6.07, 6.45) is 0.386. The van der Waals surface area contributed by atoms with Gasteiger partial charge in [-0.3, -0.25) is 0 Å². The van der Waals surface area contributed by atoms with E-state index in [1.807, 2.05) is 4.90 Å². The fraction of sp³-hybridized carbons (Fsp3) is 1.00. The summed E-state index contributed by atoms with van der Waals surface area (Å²) < 4.78 is 25.6. The summed E-state index contributed by atoms with van der Waals surface area (Å²) in [7, 11) is 0. The van der Waals surface area contributed by atoms with E-state index in [0.29, 0.717) is 6.54 Å². The molecule has 1 N–H and O–H groups in total. The minimum Gasteiger partial charge on any atom is -0.386 e. The molecule has 4 heteroatoms. The molecule has 1 aliphatic rings. The Bertz CT molecular complexity index is 164. The van der Waals surface area contributed by atoms with Crippen LogP contribution in [0.25, 0.3) is 0 Å². The Balaban J connectivity index is 2.33. The lowest BCUT2D eigenvalue weighted by molar-refractivity contribution is -0.147. The van der Waals surface area contributed by atoms with Gasteiger partial charge in [0.1, 0.15) is 6.10 Å². The smallest absolute Gasteiger partial charge is 0.275 e. The Morgan fingerprint density at radius 2 is 2.23 bits per heavy atom. The maximum absolute atomic E-state index is 12.8. The van der Waals surface area contributed by atoms with Crippen molar-refractivity contribution in [2.24, 2.45) is 0 Å². The molecular weight excluding hydrogens is 176 g/mol. The molecule has 1 atom stereocenters. The van der Waals surface area contributed by atoms with Crippen molar-refractivity contribution in [2.75, 3.05) is 19.6 Å². The molecule has 0 aromatic carbocycles.